The number of amides is 1. The van der Waals surface area contributed by atoms with Gasteiger partial charge in [0.15, 0.2) is 0 Å². The van der Waals surface area contributed by atoms with Crippen molar-refractivity contribution in [2.45, 2.75) is 25.8 Å². The molecular formula is C15H16F2N2O3. The van der Waals surface area contributed by atoms with Gasteiger partial charge in [0.25, 0.3) is 0 Å². The molecular weight excluding hydrogens is 294 g/mol. The van der Waals surface area contributed by atoms with Crippen molar-refractivity contribution in [3.63, 3.8) is 0 Å². The molecule has 1 rings (SSSR count). The van der Waals surface area contributed by atoms with Crippen LogP contribution in [0.25, 0.3) is 0 Å². The largest absolute Gasteiger partial charge is 0.467 e. The highest BCUT2D eigenvalue weighted by molar-refractivity contribution is 5.85. The molecule has 0 aliphatic heterocycles. The molecule has 7 heteroatoms. The van der Waals surface area contributed by atoms with Crippen LogP contribution in [0.4, 0.5) is 8.78 Å². The van der Waals surface area contributed by atoms with Crippen molar-refractivity contribution < 1.29 is 23.1 Å². The Kier molecular flexibility index (Phi) is 6.45. The Morgan fingerprint density at radius 2 is 2.09 bits per heavy atom. The third kappa shape index (κ3) is 5.13. The van der Waals surface area contributed by atoms with E-state index in [2.05, 4.69) is 10.1 Å². The van der Waals surface area contributed by atoms with Gasteiger partial charge in [-0.05, 0) is 25.0 Å². The SMILES string of the molecule is COC(=O)[C@H](C[C@@H](C)C#N)NC(=O)Cc1ccc(F)cc1F. The van der Waals surface area contributed by atoms with E-state index in [1.165, 1.54) is 0 Å². The van der Waals surface area contributed by atoms with Crippen LogP contribution in [-0.2, 0) is 20.7 Å². The van der Waals surface area contributed by atoms with Gasteiger partial charge in [0, 0.05) is 12.0 Å². The molecule has 1 aromatic rings. The van der Waals surface area contributed by atoms with Crippen molar-refractivity contribution in [2.75, 3.05) is 7.11 Å². The average molecular weight is 310 g/mol. The summed E-state index contributed by atoms with van der Waals surface area (Å²) in [6.07, 6.45) is -0.263. The number of nitrogens with zero attached hydrogens (tertiary/aromatic N) is 1. The Labute approximate surface area is 126 Å². The van der Waals surface area contributed by atoms with Crippen LogP contribution >= 0.6 is 0 Å². The first-order valence-electron chi connectivity index (χ1n) is 6.58. The van der Waals surface area contributed by atoms with E-state index in [9.17, 15) is 18.4 Å². The van der Waals surface area contributed by atoms with Gasteiger partial charge >= 0.3 is 5.97 Å². The number of nitriles is 1. The molecule has 0 aromatic heterocycles. The molecule has 0 radical (unpaired) electrons. The molecule has 2 atom stereocenters. The van der Waals surface area contributed by atoms with E-state index in [1.807, 2.05) is 6.07 Å². The standard InChI is InChI=1S/C15H16F2N2O3/c1-9(8-18)5-13(15(21)22-2)19-14(20)6-10-3-4-11(16)7-12(10)17/h3-4,7,9,13H,5-6H2,1-2H3,(H,19,20)/t9-,13+/m1/s1. The predicted molar refractivity (Wildman–Crippen MR) is 73.4 cm³/mol. The zero-order valence-electron chi connectivity index (χ0n) is 12.2. The smallest absolute Gasteiger partial charge is 0.328 e. The molecule has 118 valence electrons. The summed E-state index contributed by atoms with van der Waals surface area (Å²) in [6.45, 7) is 1.60. The van der Waals surface area contributed by atoms with Gasteiger partial charge < -0.3 is 10.1 Å². The van der Waals surface area contributed by atoms with E-state index in [-0.39, 0.29) is 18.4 Å². The number of halogens is 2. The minimum absolute atomic E-state index is 0.0100. The molecule has 5 nitrogen and oxygen atoms in total. The molecule has 0 spiro atoms. The molecule has 1 amide bonds. The summed E-state index contributed by atoms with van der Waals surface area (Å²) >= 11 is 0. The highest BCUT2D eigenvalue weighted by atomic mass is 19.1. The number of benzene rings is 1. The van der Waals surface area contributed by atoms with Gasteiger partial charge in [-0.2, -0.15) is 5.26 Å². The van der Waals surface area contributed by atoms with E-state index >= 15 is 0 Å². The van der Waals surface area contributed by atoms with Crippen LogP contribution in [0.5, 0.6) is 0 Å². The summed E-state index contributed by atoms with van der Waals surface area (Å²) in [5.74, 6) is -3.35. The number of nitrogens with one attached hydrogen (secondary N) is 1. The van der Waals surface area contributed by atoms with Gasteiger partial charge in [0.1, 0.15) is 17.7 Å². The molecule has 0 heterocycles. The van der Waals surface area contributed by atoms with Gasteiger partial charge in [-0.1, -0.05) is 6.07 Å². The van der Waals surface area contributed by atoms with E-state index < -0.39 is 35.5 Å². The maximum absolute atomic E-state index is 13.5. The minimum atomic E-state index is -0.990. The summed E-state index contributed by atoms with van der Waals surface area (Å²) in [7, 11) is 1.16. The fourth-order valence-corrected chi connectivity index (χ4v) is 1.85. The van der Waals surface area contributed by atoms with E-state index in [0.717, 1.165) is 19.2 Å². The maximum Gasteiger partial charge on any atom is 0.328 e. The van der Waals surface area contributed by atoms with Gasteiger partial charge in [-0.3, -0.25) is 4.79 Å². The lowest BCUT2D eigenvalue weighted by atomic mass is 10.0. The summed E-state index contributed by atoms with van der Waals surface area (Å²) < 4.78 is 30.8. The lowest BCUT2D eigenvalue weighted by Gasteiger charge is -2.17. The summed E-state index contributed by atoms with van der Waals surface area (Å²) in [5, 5.41) is 11.2. The third-order valence-corrected chi connectivity index (χ3v) is 3.00. The number of esters is 1. The monoisotopic (exact) mass is 310 g/mol. The lowest BCUT2D eigenvalue weighted by molar-refractivity contribution is -0.145. The van der Waals surface area contributed by atoms with Crippen molar-refractivity contribution in [1.29, 1.82) is 5.26 Å². The van der Waals surface area contributed by atoms with Crippen LogP contribution in [0.1, 0.15) is 18.9 Å². The van der Waals surface area contributed by atoms with E-state index in [1.54, 1.807) is 6.92 Å². The van der Waals surface area contributed by atoms with Crippen LogP contribution in [0.15, 0.2) is 18.2 Å². The summed E-state index contributed by atoms with van der Waals surface area (Å²) in [6, 6.07) is 3.85. The van der Waals surface area contributed by atoms with E-state index in [4.69, 9.17) is 5.26 Å². The van der Waals surface area contributed by atoms with Crippen LogP contribution in [-0.4, -0.2) is 25.0 Å². The highest BCUT2D eigenvalue weighted by Gasteiger charge is 2.24. The average Bonchev–Trinajstić information content (AvgIpc) is 2.48. The number of ether oxygens (including phenoxy) is 1. The second-order valence-electron chi connectivity index (χ2n) is 4.82. The second-order valence-corrected chi connectivity index (χ2v) is 4.82. The first-order valence-corrected chi connectivity index (χ1v) is 6.58. The number of carbonyl (C=O) groups is 2. The molecule has 22 heavy (non-hydrogen) atoms. The Balaban J connectivity index is 2.74. The van der Waals surface area contributed by atoms with Gasteiger partial charge in [0.05, 0.1) is 19.6 Å². The summed E-state index contributed by atoms with van der Waals surface area (Å²) in [4.78, 5) is 23.5. The fourth-order valence-electron chi connectivity index (χ4n) is 1.85. The predicted octanol–water partition coefficient (Wildman–Crippen LogP) is 1.71. The Bertz CT molecular complexity index is 599. The topological polar surface area (TPSA) is 79.2 Å². The van der Waals surface area contributed by atoms with Crippen LogP contribution < -0.4 is 5.32 Å². The first kappa shape index (κ1) is 17.6. The Morgan fingerprint density at radius 1 is 1.41 bits per heavy atom. The molecule has 0 fully saturated rings. The number of methoxy groups -OCH3 is 1. The van der Waals surface area contributed by atoms with Crippen LogP contribution in [0.2, 0.25) is 0 Å². The van der Waals surface area contributed by atoms with Crippen molar-refractivity contribution in [3.05, 3.63) is 35.4 Å². The molecule has 0 bridgehead atoms. The van der Waals surface area contributed by atoms with E-state index in [0.29, 0.717) is 6.07 Å². The van der Waals surface area contributed by atoms with Crippen molar-refractivity contribution in [2.24, 2.45) is 5.92 Å². The van der Waals surface area contributed by atoms with Crippen LogP contribution in [0.3, 0.4) is 0 Å². The van der Waals surface area contributed by atoms with Crippen molar-refractivity contribution in [3.8, 4) is 6.07 Å². The second kappa shape index (κ2) is 8.08. The molecule has 0 unspecified atom stereocenters. The molecule has 0 aliphatic carbocycles. The number of hydrogen-bond donors (Lipinski definition) is 1. The minimum Gasteiger partial charge on any atom is -0.467 e. The molecule has 1 aromatic carbocycles. The Hall–Kier alpha value is -2.49. The van der Waals surface area contributed by atoms with Gasteiger partial charge in [-0.15, -0.1) is 0 Å². The van der Waals surface area contributed by atoms with Gasteiger partial charge in [0.2, 0.25) is 5.91 Å². The zero-order valence-corrected chi connectivity index (χ0v) is 12.2. The quantitative estimate of drug-likeness (QED) is 0.811. The van der Waals surface area contributed by atoms with Crippen molar-refractivity contribution >= 4 is 11.9 Å². The fraction of sp³-hybridized carbons (Fsp3) is 0.400. The third-order valence-electron chi connectivity index (χ3n) is 3.00. The molecule has 0 saturated carbocycles. The lowest BCUT2D eigenvalue weighted by Crippen LogP contribution is -2.43. The first-order chi connectivity index (χ1) is 10.4. The van der Waals surface area contributed by atoms with Crippen LogP contribution in [0, 0.1) is 28.9 Å². The zero-order chi connectivity index (χ0) is 16.7. The van der Waals surface area contributed by atoms with Crippen molar-refractivity contribution in [1.82, 2.24) is 5.32 Å². The number of rotatable bonds is 6. The number of carbonyl (C=O) groups excluding carboxylic acids is 2. The molecule has 0 aliphatic rings. The molecule has 0 saturated heterocycles. The number of hydrogen-bond acceptors (Lipinski definition) is 4. The highest BCUT2D eigenvalue weighted by Crippen LogP contribution is 2.11. The maximum atomic E-state index is 13.5. The molecule has 1 N–H and O–H groups in total. The summed E-state index contributed by atoms with van der Waals surface area (Å²) in [5.41, 5.74) is 0.0100. The van der Waals surface area contributed by atoms with Gasteiger partial charge in [-0.25, -0.2) is 13.6 Å². The Morgan fingerprint density at radius 3 is 2.64 bits per heavy atom. The normalized spacial score (nSPS) is 12.9.